The van der Waals surface area contributed by atoms with E-state index in [1.54, 1.807) is 0 Å². The Balaban J connectivity index is 1.35. The first kappa shape index (κ1) is 19.7. The molecule has 2 aliphatic rings. The molecule has 1 amide bonds. The number of rotatable bonds is 5. The van der Waals surface area contributed by atoms with Gasteiger partial charge in [0, 0.05) is 16.6 Å². The summed E-state index contributed by atoms with van der Waals surface area (Å²) in [5.41, 5.74) is 2.16. The zero-order valence-electron chi connectivity index (χ0n) is 16.7. The van der Waals surface area contributed by atoms with Crippen molar-refractivity contribution in [1.29, 1.82) is 0 Å². The van der Waals surface area contributed by atoms with Gasteiger partial charge in [0.1, 0.15) is 5.82 Å². The van der Waals surface area contributed by atoms with Gasteiger partial charge in [-0.3, -0.25) is 9.89 Å². The van der Waals surface area contributed by atoms with Crippen LogP contribution in [0.25, 0.3) is 0 Å². The number of benzene rings is 2. The van der Waals surface area contributed by atoms with Crippen LogP contribution in [0.3, 0.4) is 0 Å². The summed E-state index contributed by atoms with van der Waals surface area (Å²) in [6.07, 6.45) is 4.89. The molecule has 1 aromatic heterocycles. The van der Waals surface area contributed by atoms with Crippen molar-refractivity contribution in [3.8, 4) is 0 Å². The van der Waals surface area contributed by atoms with E-state index in [-0.39, 0.29) is 11.9 Å². The van der Waals surface area contributed by atoms with Gasteiger partial charge in [-0.15, -0.1) is 16.9 Å². The number of fused-ring (bicyclic) bond motifs is 1. The maximum atomic E-state index is 13.4. The smallest absolute Gasteiger partial charge is 0.238 e. The molecule has 1 aliphatic carbocycles. The summed E-state index contributed by atoms with van der Waals surface area (Å²) in [6.45, 7) is 0. The van der Waals surface area contributed by atoms with Gasteiger partial charge in [0.05, 0.1) is 17.5 Å². The Morgan fingerprint density at radius 1 is 1.10 bits per heavy atom. The first-order valence-electron chi connectivity index (χ1n) is 10.4. The van der Waals surface area contributed by atoms with Crippen molar-refractivity contribution in [2.24, 2.45) is 0 Å². The molecule has 3 aromatic rings. The van der Waals surface area contributed by atoms with Gasteiger partial charge >= 0.3 is 0 Å². The minimum absolute atomic E-state index is 0.0281. The maximum absolute atomic E-state index is 13.4. The van der Waals surface area contributed by atoms with Crippen LogP contribution in [-0.2, 0) is 4.79 Å². The summed E-state index contributed by atoms with van der Waals surface area (Å²) in [4.78, 5) is 21.2. The summed E-state index contributed by atoms with van der Waals surface area (Å²) in [6, 6.07) is 18.5. The van der Waals surface area contributed by atoms with Crippen molar-refractivity contribution >= 4 is 35.1 Å². The Morgan fingerprint density at radius 2 is 1.87 bits per heavy atom. The normalized spacial score (nSPS) is 19.1. The van der Waals surface area contributed by atoms with E-state index in [0.29, 0.717) is 16.8 Å². The third-order valence-electron chi connectivity index (χ3n) is 5.84. The summed E-state index contributed by atoms with van der Waals surface area (Å²) in [5, 5.41) is 8.11. The monoisotopic (exact) mass is 436 g/mol. The largest absolute Gasteiger partial charge is 0.302 e. The van der Waals surface area contributed by atoms with Gasteiger partial charge in [-0.05, 0) is 30.5 Å². The molecule has 2 heterocycles. The molecular formula is C23H24N4OS2. The van der Waals surface area contributed by atoms with Crippen molar-refractivity contribution in [1.82, 2.24) is 15.2 Å². The molecule has 0 bridgehead atoms. The number of para-hydroxylation sites is 1. The molecule has 0 spiro atoms. The Kier molecular flexibility index (Phi) is 5.82. The molecule has 0 saturated heterocycles. The molecule has 1 atom stereocenters. The van der Waals surface area contributed by atoms with Gasteiger partial charge in [-0.1, -0.05) is 67.1 Å². The lowest BCUT2D eigenvalue weighted by Gasteiger charge is -2.37. The van der Waals surface area contributed by atoms with Crippen molar-refractivity contribution in [3.05, 3.63) is 66.0 Å². The number of nitrogens with one attached hydrogen (secondary N) is 1. The van der Waals surface area contributed by atoms with Crippen molar-refractivity contribution in [3.63, 3.8) is 0 Å². The van der Waals surface area contributed by atoms with E-state index < -0.39 is 0 Å². The van der Waals surface area contributed by atoms with Crippen LogP contribution in [0.2, 0.25) is 0 Å². The quantitative estimate of drug-likeness (QED) is 0.540. The van der Waals surface area contributed by atoms with Gasteiger partial charge in [0.15, 0.2) is 0 Å². The van der Waals surface area contributed by atoms with Crippen LogP contribution < -0.4 is 4.90 Å². The average Bonchev–Trinajstić information content (AvgIpc) is 3.49. The highest BCUT2D eigenvalue weighted by atomic mass is 32.2. The number of H-pyrrole nitrogens is 1. The number of hydrogen-bond donors (Lipinski definition) is 1. The van der Waals surface area contributed by atoms with Gasteiger partial charge in [-0.25, -0.2) is 4.98 Å². The molecule has 154 valence electrons. The molecule has 1 unspecified atom stereocenters. The predicted octanol–water partition coefficient (Wildman–Crippen LogP) is 5.43. The number of carbonyl (C=O) groups excluding carboxylic acids is 1. The number of amides is 1. The van der Waals surface area contributed by atoms with Gasteiger partial charge in [-0.2, -0.15) is 0 Å². The zero-order valence-corrected chi connectivity index (χ0v) is 18.3. The summed E-state index contributed by atoms with van der Waals surface area (Å²) >= 11 is 3.24. The predicted molar refractivity (Wildman–Crippen MR) is 122 cm³/mol. The van der Waals surface area contributed by atoms with Crippen LogP contribution in [0.4, 0.5) is 5.69 Å². The Morgan fingerprint density at radius 3 is 2.70 bits per heavy atom. The number of carbonyl (C=O) groups is 1. The molecule has 5 nitrogen and oxygen atoms in total. The molecule has 30 heavy (non-hydrogen) atoms. The second-order valence-corrected chi connectivity index (χ2v) is 9.75. The number of aromatic nitrogens is 3. The molecule has 7 heteroatoms. The first-order chi connectivity index (χ1) is 14.8. The minimum Gasteiger partial charge on any atom is -0.302 e. The third kappa shape index (κ3) is 4.01. The summed E-state index contributed by atoms with van der Waals surface area (Å²) in [7, 11) is 0. The van der Waals surface area contributed by atoms with E-state index in [1.165, 1.54) is 43.0 Å². The number of nitrogens with zero attached hydrogens (tertiary/aromatic N) is 3. The highest BCUT2D eigenvalue weighted by Gasteiger charge is 2.32. The van der Waals surface area contributed by atoms with E-state index in [4.69, 9.17) is 0 Å². The van der Waals surface area contributed by atoms with Crippen LogP contribution >= 0.6 is 23.5 Å². The van der Waals surface area contributed by atoms with Gasteiger partial charge in [0.25, 0.3) is 0 Å². The van der Waals surface area contributed by atoms with Crippen LogP contribution in [0.5, 0.6) is 0 Å². The van der Waals surface area contributed by atoms with Crippen LogP contribution in [-0.4, -0.2) is 32.6 Å². The number of aromatic amines is 1. The minimum atomic E-state index is 0.0281. The third-order valence-corrected chi connectivity index (χ3v) is 7.81. The van der Waals surface area contributed by atoms with Gasteiger partial charge < -0.3 is 4.90 Å². The van der Waals surface area contributed by atoms with E-state index >= 15 is 0 Å². The van der Waals surface area contributed by atoms with Crippen LogP contribution in [0.15, 0.2) is 64.6 Å². The SMILES string of the molecule is O=C(CSc1n[nH]c(C2CCCC2)n1)N1c2ccccc2SCC1c1ccccc1. The molecule has 5 rings (SSSR count). The molecule has 0 radical (unpaired) electrons. The van der Waals surface area contributed by atoms with E-state index in [0.717, 1.165) is 22.2 Å². The van der Waals surface area contributed by atoms with E-state index in [2.05, 4.69) is 33.4 Å². The first-order valence-corrected chi connectivity index (χ1v) is 12.4. The van der Waals surface area contributed by atoms with E-state index in [1.807, 2.05) is 53.1 Å². The maximum Gasteiger partial charge on any atom is 0.238 e. The molecule has 2 aromatic carbocycles. The van der Waals surface area contributed by atoms with Crippen molar-refractivity contribution < 1.29 is 4.79 Å². The van der Waals surface area contributed by atoms with Crippen molar-refractivity contribution in [2.75, 3.05) is 16.4 Å². The average molecular weight is 437 g/mol. The van der Waals surface area contributed by atoms with Crippen LogP contribution in [0.1, 0.15) is 49.0 Å². The molecule has 1 N–H and O–H groups in total. The lowest BCUT2D eigenvalue weighted by atomic mass is 10.1. The molecular weight excluding hydrogens is 412 g/mol. The second kappa shape index (κ2) is 8.86. The Bertz CT molecular complexity index is 1020. The molecule has 1 aliphatic heterocycles. The fraction of sp³-hybridized carbons (Fsp3) is 0.348. The van der Waals surface area contributed by atoms with Gasteiger partial charge in [0.2, 0.25) is 11.1 Å². The lowest BCUT2D eigenvalue weighted by Crippen LogP contribution is -2.39. The summed E-state index contributed by atoms with van der Waals surface area (Å²) < 4.78 is 0. The highest BCUT2D eigenvalue weighted by Crippen LogP contribution is 2.43. The van der Waals surface area contributed by atoms with Crippen LogP contribution in [0, 0.1) is 0 Å². The molecule has 1 fully saturated rings. The Hall–Kier alpha value is -2.25. The molecule has 1 saturated carbocycles. The summed E-state index contributed by atoms with van der Waals surface area (Å²) in [5.74, 6) is 2.74. The Labute approximate surface area is 185 Å². The fourth-order valence-corrected chi connectivity index (χ4v) is 6.15. The second-order valence-electron chi connectivity index (χ2n) is 7.74. The fourth-order valence-electron chi connectivity index (χ4n) is 4.32. The number of thioether (sulfide) groups is 2. The van der Waals surface area contributed by atoms with E-state index in [9.17, 15) is 4.79 Å². The highest BCUT2D eigenvalue weighted by molar-refractivity contribution is 8.00. The van der Waals surface area contributed by atoms with Crippen molar-refractivity contribution in [2.45, 2.75) is 47.7 Å². The topological polar surface area (TPSA) is 61.9 Å². The number of anilines is 1. The number of hydrogen-bond acceptors (Lipinski definition) is 5. The standard InChI is InChI=1S/C23H24N4OS2/c28-21(15-30-23-24-22(25-26-23)17-10-4-5-11-17)27-18-12-6-7-13-20(18)29-14-19(27)16-8-2-1-3-9-16/h1-3,6-9,12-13,17,19H,4-5,10-11,14-15H2,(H,24,25,26). The lowest BCUT2D eigenvalue weighted by molar-refractivity contribution is -0.116. The zero-order chi connectivity index (χ0) is 20.3.